The maximum Gasteiger partial charge on any atom is 0.385 e. The molecule has 96 valence electrons. The molecule has 18 heavy (non-hydrogen) atoms. The molecule has 5 heteroatoms. The van der Waals surface area contributed by atoms with E-state index in [1.807, 2.05) is 18.2 Å². The summed E-state index contributed by atoms with van der Waals surface area (Å²) in [6.07, 6.45) is -0.124. The Balaban J connectivity index is 2.23. The topological polar surface area (TPSA) is 69.4 Å². The second-order valence-corrected chi connectivity index (χ2v) is 4.80. The van der Waals surface area contributed by atoms with Crippen molar-refractivity contribution < 1.29 is 14.5 Å². The molecule has 0 aromatic heterocycles. The van der Waals surface area contributed by atoms with Crippen molar-refractivity contribution in [3.8, 4) is 0 Å². The number of esters is 1. The van der Waals surface area contributed by atoms with Crippen LogP contribution in [0.25, 0.3) is 0 Å². The highest BCUT2D eigenvalue weighted by Gasteiger charge is 2.74. The van der Waals surface area contributed by atoms with Gasteiger partial charge in [-0.05, 0) is 19.4 Å². The summed E-state index contributed by atoms with van der Waals surface area (Å²) in [5.74, 6) is -1.10. The Morgan fingerprint density at radius 2 is 2.06 bits per heavy atom. The molecule has 0 radical (unpaired) electrons. The molecule has 0 heterocycles. The molecule has 2 unspecified atom stereocenters. The maximum atomic E-state index is 11.9. The summed E-state index contributed by atoms with van der Waals surface area (Å²) in [7, 11) is 0. The molecule has 5 nitrogen and oxygen atoms in total. The van der Waals surface area contributed by atoms with Gasteiger partial charge in [0, 0.05) is 11.3 Å². The van der Waals surface area contributed by atoms with Crippen LogP contribution < -0.4 is 0 Å². The number of carbonyl (C=O) groups is 1. The minimum absolute atomic E-state index is 0.218. The normalized spacial score (nSPS) is 25.8. The van der Waals surface area contributed by atoms with Gasteiger partial charge in [0.25, 0.3) is 0 Å². The van der Waals surface area contributed by atoms with E-state index in [9.17, 15) is 14.9 Å². The van der Waals surface area contributed by atoms with Gasteiger partial charge in [0.15, 0.2) is 0 Å². The van der Waals surface area contributed by atoms with Crippen LogP contribution >= 0.6 is 0 Å². The van der Waals surface area contributed by atoms with E-state index in [0.29, 0.717) is 0 Å². The third-order valence-corrected chi connectivity index (χ3v) is 3.16. The smallest absolute Gasteiger partial charge is 0.385 e. The first kappa shape index (κ1) is 12.5. The van der Waals surface area contributed by atoms with Gasteiger partial charge in [-0.25, -0.2) is 4.79 Å². The summed E-state index contributed by atoms with van der Waals surface area (Å²) in [5, 5.41) is 11.2. The summed E-state index contributed by atoms with van der Waals surface area (Å²) >= 11 is 0. The average molecular weight is 249 g/mol. The molecule has 0 saturated heterocycles. The largest absolute Gasteiger partial charge is 0.458 e. The molecular formula is C13H15NO4. The molecular weight excluding hydrogens is 234 g/mol. The number of benzene rings is 1. The maximum absolute atomic E-state index is 11.9. The summed E-state index contributed by atoms with van der Waals surface area (Å²) in [4.78, 5) is 22.6. The number of rotatable bonds is 4. The minimum atomic E-state index is -1.58. The van der Waals surface area contributed by atoms with Crippen molar-refractivity contribution in [1.29, 1.82) is 0 Å². The average Bonchev–Trinajstić information content (AvgIpc) is 3.05. The lowest BCUT2D eigenvalue weighted by Crippen LogP contribution is -2.37. The molecule has 0 aliphatic heterocycles. The van der Waals surface area contributed by atoms with Crippen molar-refractivity contribution >= 4 is 5.97 Å². The molecule has 0 amide bonds. The molecule has 0 N–H and O–H groups in total. The molecule has 1 fully saturated rings. The Hall–Kier alpha value is -1.91. The first-order valence-corrected chi connectivity index (χ1v) is 5.89. The lowest BCUT2D eigenvalue weighted by atomic mass is 10.1. The zero-order valence-corrected chi connectivity index (χ0v) is 10.3. The van der Waals surface area contributed by atoms with Gasteiger partial charge < -0.3 is 4.74 Å². The molecule has 0 bridgehead atoms. The van der Waals surface area contributed by atoms with E-state index in [1.165, 1.54) is 0 Å². The molecule has 2 atom stereocenters. The van der Waals surface area contributed by atoms with Crippen molar-refractivity contribution in [2.75, 3.05) is 0 Å². The van der Waals surface area contributed by atoms with Gasteiger partial charge in [-0.1, -0.05) is 30.3 Å². The number of hydrogen-bond donors (Lipinski definition) is 0. The number of ether oxygens (including phenoxy) is 1. The third-order valence-electron chi connectivity index (χ3n) is 3.16. The molecule has 1 aliphatic rings. The number of nitrogens with zero attached hydrogens (tertiary/aromatic N) is 1. The summed E-state index contributed by atoms with van der Waals surface area (Å²) in [6, 6.07) is 9.07. The highest BCUT2D eigenvalue weighted by molar-refractivity contribution is 5.85. The summed E-state index contributed by atoms with van der Waals surface area (Å²) in [6.45, 7) is 3.37. The van der Waals surface area contributed by atoms with Crippen molar-refractivity contribution in [1.82, 2.24) is 0 Å². The second kappa shape index (κ2) is 4.40. The van der Waals surface area contributed by atoms with Crippen LogP contribution in [0, 0.1) is 10.1 Å². The standard InChI is InChI=1S/C13H15NO4/c1-9(2)18-12(15)13(14(16)17)8-11(13)10-6-4-3-5-7-10/h3-7,9,11H,8H2,1-2H3. The van der Waals surface area contributed by atoms with Crippen molar-refractivity contribution in [2.45, 2.75) is 37.8 Å². The molecule has 2 rings (SSSR count). The number of nitro groups is 1. The summed E-state index contributed by atoms with van der Waals surface area (Å²) < 4.78 is 5.01. The van der Waals surface area contributed by atoms with Crippen LogP contribution in [0.2, 0.25) is 0 Å². The Morgan fingerprint density at radius 3 is 2.56 bits per heavy atom. The van der Waals surface area contributed by atoms with Gasteiger partial charge in [-0.15, -0.1) is 0 Å². The first-order valence-electron chi connectivity index (χ1n) is 5.89. The van der Waals surface area contributed by atoms with E-state index >= 15 is 0 Å². The van der Waals surface area contributed by atoms with Crippen LogP contribution in [0.3, 0.4) is 0 Å². The SMILES string of the molecule is CC(C)OC(=O)C1([N+](=O)[O-])CC1c1ccccc1. The van der Waals surface area contributed by atoms with Gasteiger partial charge >= 0.3 is 11.5 Å². The van der Waals surface area contributed by atoms with E-state index in [-0.39, 0.29) is 18.4 Å². The predicted octanol–water partition coefficient (Wildman–Crippen LogP) is 2.14. The van der Waals surface area contributed by atoms with E-state index < -0.39 is 16.4 Å². The minimum Gasteiger partial charge on any atom is -0.458 e. The van der Waals surface area contributed by atoms with Gasteiger partial charge in [0.05, 0.1) is 12.0 Å². The Morgan fingerprint density at radius 1 is 1.44 bits per heavy atom. The third kappa shape index (κ3) is 1.96. The van der Waals surface area contributed by atoms with E-state index in [2.05, 4.69) is 0 Å². The van der Waals surface area contributed by atoms with Crippen LogP contribution in [-0.4, -0.2) is 22.5 Å². The van der Waals surface area contributed by atoms with Gasteiger partial charge in [-0.3, -0.25) is 10.1 Å². The highest BCUT2D eigenvalue weighted by atomic mass is 16.6. The lowest BCUT2D eigenvalue weighted by Gasteiger charge is -2.12. The van der Waals surface area contributed by atoms with E-state index in [0.717, 1.165) is 5.56 Å². The number of hydrogen-bond acceptors (Lipinski definition) is 4. The second-order valence-electron chi connectivity index (χ2n) is 4.80. The van der Waals surface area contributed by atoms with Crippen LogP contribution in [-0.2, 0) is 9.53 Å². The zero-order valence-electron chi connectivity index (χ0n) is 10.3. The van der Waals surface area contributed by atoms with E-state index in [4.69, 9.17) is 4.74 Å². The molecule has 1 aliphatic carbocycles. The van der Waals surface area contributed by atoms with Crippen LogP contribution in [0.4, 0.5) is 0 Å². The fourth-order valence-electron chi connectivity index (χ4n) is 2.15. The van der Waals surface area contributed by atoms with Crippen molar-refractivity contribution in [2.24, 2.45) is 0 Å². The lowest BCUT2D eigenvalue weighted by molar-refractivity contribution is -0.527. The summed E-state index contributed by atoms with van der Waals surface area (Å²) in [5.41, 5.74) is -0.763. The van der Waals surface area contributed by atoms with Crippen molar-refractivity contribution in [3.05, 3.63) is 46.0 Å². The monoisotopic (exact) mass is 249 g/mol. The molecule has 0 spiro atoms. The highest BCUT2D eigenvalue weighted by Crippen LogP contribution is 2.54. The Kier molecular flexibility index (Phi) is 3.07. The molecule has 1 saturated carbocycles. The molecule has 1 aromatic carbocycles. The van der Waals surface area contributed by atoms with Gasteiger partial charge in [-0.2, -0.15) is 0 Å². The first-order chi connectivity index (χ1) is 8.48. The van der Waals surface area contributed by atoms with Gasteiger partial charge in [0.1, 0.15) is 0 Å². The predicted molar refractivity (Wildman–Crippen MR) is 64.8 cm³/mol. The molecule has 1 aromatic rings. The fraction of sp³-hybridized carbons (Fsp3) is 0.462. The van der Waals surface area contributed by atoms with Crippen LogP contribution in [0.5, 0.6) is 0 Å². The van der Waals surface area contributed by atoms with Crippen molar-refractivity contribution in [3.63, 3.8) is 0 Å². The number of carbonyl (C=O) groups excluding carboxylic acids is 1. The fourth-order valence-corrected chi connectivity index (χ4v) is 2.15. The quantitative estimate of drug-likeness (QED) is 0.465. The van der Waals surface area contributed by atoms with E-state index in [1.54, 1.807) is 26.0 Å². The Labute approximate surface area is 105 Å². The van der Waals surface area contributed by atoms with Crippen LogP contribution in [0.1, 0.15) is 31.7 Å². The Bertz CT molecular complexity index is 471. The zero-order chi connectivity index (χ0) is 13.3. The van der Waals surface area contributed by atoms with Gasteiger partial charge in [0.2, 0.25) is 0 Å². The van der Waals surface area contributed by atoms with Crippen LogP contribution in [0.15, 0.2) is 30.3 Å².